The molecule has 0 aliphatic rings. The Kier molecular flexibility index (Phi) is 3.71. The van der Waals surface area contributed by atoms with Crippen molar-refractivity contribution in [1.82, 2.24) is 0 Å². The molecule has 0 saturated carbocycles. The molecule has 0 bridgehead atoms. The standard InChI is InChI=1S/C10H12F3NO/c1-15-9(6-14)7-3-2-4-8(5-7)10(11,12)13/h2-5,9H,6,14H2,1H3/t9-/m1/s1. The van der Waals surface area contributed by atoms with Gasteiger partial charge in [-0.1, -0.05) is 12.1 Å². The number of nitrogens with two attached hydrogens (primary N) is 1. The van der Waals surface area contributed by atoms with Gasteiger partial charge in [-0.3, -0.25) is 0 Å². The first-order valence-corrected chi connectivity index (χ1v) is 4.39. The Morgan fingerprint density at radius 3 is 2.53 bits per heavy atom. The molecule has 0 aromatic heterocycles. The summed E-state index contributed by atoms with van der Waals surface area (Å²) in [5.74, 6) is 0. The maximum atomic E-state index is 12.4. The minimum atomic E-state index is -4.33. The highest BCUT2D eigenvalue weighted by atomic mass is 19.4. The summed E-state index contributed by atoms with van der Waals surface area (Å²) in [5, 5.41) is 0. The first kappa shape index (κ1) is 12.0. The molecule has 84 valence electrons. The van der Waals surface area contributed by atoms with Gasteiger partial charge in [-0.05, 0) is 17.7 Å². The second kappa shape index (κ2) is 4.63. The number of alkyl halides is 3. The van der Waals surface area contributed by atoms with Gasteiger partial charge >= 0.3 is 6.18 Å². The summed E-state index contributed by atoms with van der Waals surface area (Å²) in [6, 6.07) is 4.99. The number of benzene rings is 1. The van der Waals surface area contributed by atoms with E-state index in [4.69, 9.17) is 10.5 Å². The third kappa shape index (κ3) is 2.94. The molecule has 0 aliphatic carbocycles. The maximum Gasteiger partial charge on any atom is 0.416 e. The number of methoxy groups -OCH3 is 1. The molecule has 1 atom stereocenters. The molecule has 0 radical (unpaired) electrons. The van der Waals surface area contributed by atoms with Gasteiger partial charge in [-0.2, -0.15) is 13.2 Å². The van der Waals surface area contributed by atoms with Gasteiger partial charge in [0.05, 0.1) is 11.7 Å². The topological polar surface area (TPSA) is 35.2 Å². The number of hydrogen-bond acceptors (Lipinski definition) is 2. The molecule has 2 nitrogen and oxygen atoms in total. The zero-order valence-electron chi connectivity index (χ0n) is 8.21. The molecule has 0 heterocycles. The van der Waals surface area contributed by atoms with Crippen molar-refractivity contribution in [3.05, 3.63) is 35.4 Å². The van der Waals surface area contributed by atoms with Gasteiger partial charge in [0, 0.05) is 13.7 Å². The van der Waals surface area contributed by atoms with Crippen LogP contribution in [0.5, 0.6) is 0 Å². The summed E-state index contributed by atoms with van der Waals surface area (Å²) in [5.41, 5.74) is 5.12. The van der Waals surface area contributed by atoms with Crippen molar-refractivity contribution >= 4 is 0 Å². The highest BCUT2D eigenvalue weighted by Gasteiger charge is 2.30. The van der Waals surface area contributed by atoms with Gasteiger partial charge in [-0.15, -0.1) is 0 Å². The van der Waals surface area contributed by atoms with E-state index in [1.54, 1.807) is 6.07 Å². The average Bonchev–Trinajstić information content (AvgIpc) is 2.19. The quantitative estimate of drug-likeness (QED) is 0.846. The van der Waals surface area contributed by atoms with Crippen molar-refractivity contribution in [3.8, 4) is 0 Å². The van der Waals surface area contributed by atoms with E-state index in [1.165, 1.54) is 13.2 Å². The number of halogens is 3. The van der Waals surface area contributed by atoms with Crippen LogP contribution in [0.4, 0.5) is 13.2 Å². The van der Waals surface area contributed by atoms with E-state index >= 15 is 0 Å². The van der Waals surface area contributed by atoms with E-state index in [9.17, 15) is 13.2 Å². The van der Waals surface area contributed by atoms with Crippen LogP contribution in [-0.2, 0) is 10.9 Å². The largest absolute Gasteiger partial charge is 0.416 e. The SMILES string of the molecule is CO[C@H](CN)c1cccc(C(F)(F)F)c1. The van der Waals surface area contributed by atoms with Crippen molar-refractivity contribution in [2.24, 2.45) is 5.73 Å². The van der Waals surface area contributed by atoms with Crippen LogP contribution in [0.15, 0.2) is 24.3 Å². The first-order valence-electron chi connectivity index (χ1n) is 4.39. The molecular formula is C10H12F3NO. The van der Waals surface area contributed by atoms with E-state index in [0.29, 0.717) is 5.56 Å². The fourth-order valence-electron chi connectivity index (χ4n) is 1.28. The van der Waals surface area contributed by atoms with Crippen molar-refractivity contribution in [3.63, 3.8) is 0 Å². The van der Waals surface area contributed by atoms with Crippen LogP contribution < -0.4 is 5.73 Å². The second-order valence-electron chi connectivity index (χ2n) is 3.08. The monoisotopic (exact) mass is 219 g/mol. The predicted octanol–water partition coefficient (Wildman–Crippen LogP) is 2.35. The Morgan fingerprint density at radius 2 is 2.07 bits per heavy atom. The van der Waals surface area contributed by atoms with Gasteiger partial charge in [0.2, 0.25) is 0 Å². The van der Waals surface area contributed by atoms with Gasteiger partial charge in [-0.25, -0.2) is 0 Å². The number of rotatable bonds is 3. The zero-order chi connectivity index (χ0) is 11.5. The molecule has 15 heavy (non-hydrogen) atoms. The molecular weight excluding hydrogens is 207 g/mol. The summed E-state index contributed by atoms with van der Waals surface area (Å²) >= 11 is 0. The van der Waals surface area contributed by atoms with Crippen LogP contribution in [-0.4, -0.2) is 13.7 Å². The lowest BCUT2D eigenvalue weighted by Gasteiger charge is -2.15. The van der Waals surface area contributed by atoms with Gasteiger partial charge in [0.1, 0.15) is 0 Å². The predicted molar refractivity (Wildman–Crippen MR) is 50.2 cm³/mol. The number of ether oxygens (including phenoxy) is 1. The minimum Gasteiger partial charge on any atom is -0.375 e. The lowest BCUT2D eigenvalue weighted by Crippen LogP contribution is -2.15. The molecule has 1 rings (SSSR count). The van der Waals surface area contributed by atoms with Crippen molar-refractivity contribution < 1.29 is 17.9 Å². The minimum absolute atomic E-state index is 0.151. The molecule has 0 spiro atoms. The van der Waals surface area contributed by atoms with E-state index in [-0.39, 0.29) is 6.54 Å². The molecule has 5 heteroatoms. The van der Waals surface area contributed by atoms with Crippen LogP contribution in [0.2, 0.25) is 0 Å². The Bertz CT molecular complexity index is 321. The zero-order valence-corrected chi connectivity index (χ0v) is 8.21. The van der Waals surface area contributed by atoms with E-state index in [0.717, 1.165) is 12.1 Å². The lowest BCUT2D eigenvalue weighted by molar-refractivity contribution is -0.137. The molecule has 0 aliphatic heterocycles. The average molecular weight is 219 g/mol. The van der Waals surface area contributed by atoms with Gasteiger partial charge in [0.25, 0.3) is 0 Å². The molecule has 2 N–H and O–H groups in total. The highest BCUT2D eigenvalue weighted by Crippen LogP contribution is 2.30. The highest BCUT2D eigenvalue weighted by molar-refractivity contribution is 5.27. The molecule has 0 saturated heterocycles. The van der Waals surface area contributed by atoms with Crippen molar-refractivity contribution in [2.75, 3.05) is 13.7 Å². The molecule has 1 aromatic carbocycles. The van der Waals surface area contributed by atoms with Crippen LogP contribution in [0.25, 0.3) is 0 Å². The van der Waals surface area contributed by atoms with Crippen LogP contribution in [0.1, 0.15) is 17.2 Å². The van der Waals surface area contributed by atoms with E-state index < -0.39 is 17.8 Å². The summed E-state index contributed by atoms with van der Waals surface area (Å²) in [7, 11) is 1.41. The fraction of sp³-hybridized carbons (Fsp3) is 0.400. The van der Waals surface area contributed by atoms with Gasteiger partial charge in [0.15, 0.2) is 0 Å². The smallest absolute Gasteiger partial charge is 0.375 e. The summed E-state index contributed by atoms with van der Waals surface area (Å²) in [4.78, 5) is 0. The second-order valence-corrected chi connectivity index (χ2v) is 3.08. The summed E-state index contributed by atoms with van der Waals surface area (Å²) in [6.07, 6.45) is -4.82. The van der Waals surface area contributed by atoms with Crippen molar-refractivity contribution in [1.29, 1.82) is 0 Å². The Morgan fingerprint density at radius 1 is 1.40 bits per heavy atom. The van der Waals surface area contributed by atoms with E-state index in [2.05, 4.69) is 0 Å². The Labute approximate surface area is 85.8 Å². The third-order valence-corrected chi connectivity index (χ3v) is 2.08. The summed E-state index contributed by atoms with van der Waals surface area (Å²) in [6.45, 7) is 0.151. The van der Waals surface area contributed by atoms with Gasteiger partial charge < -0.3 is 10.5 Å². The normalized spacial score (nSPS) is 13.9. The van der Waals surface area contributed by atoms with E-state index in [1.807, 2.05) is 0 Å². The van der Waals surface area contributed by atoms with Crippen LogP contribution >= 0.6 is 0 Å². The maximum absolute atomic E-state index is 12.4. The summed E-state index contributed by atoms with van der Waals surface area (Å²) < 4.78 is 42.1. The molecule has 0 fully saturated rings. The first-order chi connectivity index (χ1) is 6.99. The molecule has 1 aromatic rings. The third-order valence-electron chi connectivity index (χ3n) is 2.08. The number of hydrogen-bond donors (Lipinski definition) is 1. The lowest BCUT2D eigenvalue weighted by atomic mass is 10.1. The Hall–Kier alpha value is -1.07. The molecule has 0 amide bonds. The fourth-order valence-corrected chi connectivity index (χ4v) is 1.28. The molecule has 0 unspecified atom stereocenters. The van der Waals surface area contributed by atoms with Crippen molar-refractivity contribution in [2.45, 2.75) is 12.3 Å². The van der Waals surface area contributed by atoms with Crippen LogP contribution in [0, 0.1) is 0 Å². The Balaban J connectivity index is 3.02. The van der Waals surface area contributed by atoms with Crippen LogP contribution in [0.3, 0.4) is 0 Å².